The van der Waals surface area contributed by atoms with Gasteiger partial charge >= 0.3 is 0 Å². The zero-order valence-electron chi connectivity index (χ0n) is 11.4. The molecule has 5 nitrogen and oxygen atoms in total. The Balaban J connectivity index is 2.38. The van der Waals surface area contributed by atoms with Gasteiger partial charge in [0, 0.05) is 19.5 Å². The predicted octanol–water partition coefficient (Wildman–Crippen LogP) is 0.474. The maximum atomic E-state index is 12.1. The summed E-state index contributed by atoms with van der Waals surface area (Å²) in [6.07, 6.45) is 2.85. The van der Waals surface area contributed by atoms with Gasteiger partial charge < -0.3 is 16.4 Å². The summed E-state index contributed by atoms with van der Waals surface area (Å²) in [4.78, 5) is 24.7. The van der Waals surface area contributed by atoms with Crippen molar-refractivity contribution in [1.82, 2.24) is 4.90 Å². The Morgan fingerprint density at radius 1 is 1.28 bits per heavy atom. The Kier molecular flexibility index (Phi) is 5.59. The largest absolute Gasteiger partial charge is 0.370 e. The number of nitrogens with two attached hydrogens (primary N) is 2. The van der Waals surface area contributed by atoms with Crippen molar-refractivity contribution in [2.75, 3.05) is 13.1 Å². The highest BCUT2D eigenvalue weighted by molar-refractivity contribution is 5.81. The lowest BCUT2D eigenvalue weighted by Crippen LogP contribution is -2.47. The first kappa shape index (κ1) is 15.0. The zero-order valence-corrected chi connectivity index (χ0v) is 11.4. The number of amides is 2. The minimum atomic E-state index is -0.391. The third kappa shape index (κ3) is 4.64. The molecule has 1 atom stereocenters. The molecule has 0 saturated carbocycles. The third-order valence-corrected chi connectivity index (χ3v) is 3.46. The van der Waals surface area contributed by atoms with Gasteiger partial charge in [0.25, 0.3) is 0 Å². The van der Waals surface area contributed by atoms with Crippen LogP contribution in [-0.4, -0.2) is 35.8 Å². The van der Waals surface area contributed by atoms with Crippen molar-refractivity contribution in [2.45, 2.75) is 45.6 Å². The molecule has 1 saturated heterocycles. The lowest BCUT2D eigenvalue weighted by atomic mass is 9.92. The summed E-state index contributed by atoms with van der Waals surface area (Å²) in [7, 11) is 0. The van der Waals surface area contributed by atoms with Gasteiger partial charge in [-0.05, 0) is 31.1 Å². The van der Waals surface area contributed by atoms with Crippen molar-refractivity contribution in [1.29, 1.82) is 0 Å². The van der Waals surface area contributed by atoms with E-state index in [1.54, 1.807) is 0 Å². The average molecular weight is 255 g/mol. The highest BCUT2D eigenvalue weighted by Crippen LogP contribution is 2.21. The van der Waals surface area contributed by atoms with Crippen molar-refractivity contribution in [3.05, 3.63) is 0 Å². The van der Waals surface area contributed by atoms with Crippen molar-refractivity contribution in [3.63, 3.8) is 0 Å². The summed E-state index contributed by atoms with van der Waals surface area (Å²) in [6.45, 7) is 5.52. The van der Waals surface area contributed by atoms with Crippen LogP contribution in [0.1, 0.15) is 39.5 Å². The molecule has 1 aliphatic rings. The van der Waals surface area contributed by atoms with E-state index in [4.69, 9.17) is 11.5 Å². The molecule has 0 spiro atoms. The monoisotopic (exact) mass is 255 g/mol. The van der Waals surface area contributed by atoms with E-state index in [0.29, 0.717) is 31.3 Å². The number of primary amides is 1. The molecule has 1 fully saturated rings. The van der Waals surface area contributed by atoms with Crippen LogP contribution in [0.5, 0.6) is 0 Å². The van der Waals surface area contributed by atoms with Gasteiger partial charge in [-0.25, -0.2) is 0 Å². The van der Waals surface area contributed by atoms with Gasteiger partial charge in [-0.15, -0.1) is 0 Å². The van der Waals surface area contributed by atoms with Gasteiger partial charge in [0.1, 0.15) is 0 Å². The second-order valence-corrected chi connectivity index (χ2v) is 5.68. The van der Waals surface area contributed by atoms with Gasteiger partial charge in [-0.1, -0.05) is 13.8 Å². The quantitative estimate of drug-likeness (QED) is 0.748. The normalized spacial score (nSPS) is 19.0. The number of carbonyl (C=O) groups is 2. The molecule has 18 heavy (non-hydrogen) atoms. The summed E-state index contributed by atoms with van der Waals surface area (Å²) in [5, 5.41) is 0. The molecule has 1 heterocycles. The molecule has 0 aliphatic carbocycles. The highest BCUT2D eigenvalue weighted by Gasteiger charge is 2.27. The molecule has 0 unspecified atom stereocenters. The average Bonchev–Trinajstić information content (AvgIpc) is 2.27. The van der Waals surface area contributed by atoms with E-state index in [-0.39, 0.29) is 11.8 Å². The van der Waals surface area contributed by atoms with Crippen LogP contribution in [0, 0.1) is 11.8 Å². The van der Waals surface area contributed by atoms with Gasteiger partial charge in [-0.3, -0.25) is 9.59 Å². The van der Waals surface area contributed by atoms with Gasteiger partial charge in [0.2, 0.25) is 11.8 Å². The van der Waals surface area contributed by atoms with Crippen molar-refractivity contribution in [2.24, 2.45) is 23.3 Å². The minimum Gasteiger partial charge on any atom is -0.370 e. The number of hydrogen-bond donors (Lipinski definition) is 2. The second-order valence-electron chi connectivity index (χ2n) is 5.68. The van der Waals surface area contributed by atoms with E-state index in [9.17, 15) is 9.59 Å². The number of likely N-dealkylation sites (tertiary alicyclic amines) is 1. The van der Waals surface area contributed by atoms with Crippen LogP contribution in [-0.2, 0) is 9.59 Å². The molecule has 104 valence electrons. The van der Waals surface area contributed by atoms with Crippen LogP contribution in [0.4, 0.5) is 0 Å². The number of piperidine rings is 1. The van der Waals surface area contributed by atoms with Crippen LogP contribution in [0.15, 0.2) is 0 Å². The van der Waals surface area contributed by atoms with E-state index in [1.165, 1.54) is 0 Å². The molecule has 2 amide bonds. The first-order valence-electron chi connectivity index (χ1n) is 6.72. The highest BCUT2D eigenvalue weighted by atomic mass is 16.2. The number of hydrogen-bond acceptors (Lipinski definition) is 3. The molecule has 0 aromatic heterocycles. The molecule has 4 N–H and O–H groups in total. The van der Waals surface area contributed by atoms with E-state index >= 15 is 0 Å². The van der Waals surface area contributed by atoms with Crippen LogP contribution in [0.2, 0.25) is 0 Å². The Morgan fingerprint density at radius 2 is 1.83 bits per heavy atom. The van der Waals surface area contributed by atoms with Crippen molar-refractivity contribution in [3.8, 4) is 0 Å². The molecule has 5 heteroatoms. The van der Waals surface area contributed by atoms with Gasteiger partial charge in [0.15, 0.2) is 0 Å². The van der Waals surface area contributed by atoms with E-state index in [1.807, 2.05) is 4.90 Å². The summed E-state index contributed by atoms with van der Waals surface area (Å²) >= 11 is 0. The minimum absolute atomic E-state index is 0.0428. The maximum Gasteiger partial charge on any atom is 0.239 e. The summed E-state index contributed by atoms with van der Waals surface area (Å²) < 4.78 is 0. The van der Waals surface area contributed by atoms with E-state index in [0.717, 1.165) is 19.3 Å². The van der Waals surface area contributed by atoms with Crippen molar-refractivity contribution >= 4 is 11.8 Å². The van der Waals surface area contributed by atoms with E-state index in [2.05, 4.69) is 13.8 Å². The number of rotatable bonds is 5. The predicted molar refractivity (Wildman–Crippen MR) is 70.5 cm³/mol. The fourth-order valence-corrected chi connectivity index (χ4v) is 2.49. The molecular formula is C13H25N3O2. The van der Waals surface area contributed by atoms with Gasteiger partial charge in [-0.2, -0.15) is 0 Å². The van der Waals surface area contributed by atoms with Gasteiger partial charge in [0.05, 0.1) is 6.04 Å². The standard InChI is InChI=1S/C13H25N3O2/c1-9(2)7-11(14)13(18)16-5-3-10(4-6-16)8-12(15)17/h9-11H,3-8,14H2,1-2H3,(H2,15,17)/t11-/m0/s1. The Morgan fingerprint density at radius 3 is 2.28 bits per heavy atom. The Labute approximate surface area is 109 Å². The summed E-state index contributed by atoms with van der Waals surface area (Å²) in [5.74, 6) is 0.543. The van der Waals surface area contributed by atoms with Crippen LogP contribution >= 0.6 is 0 Å². The fourth-order valence-electron chi connectivity index (χ4n) is 2.49. The molecule has 0 bridgehead atoms. The molecule has 0 aromatic carbocycles. The lowest BCUT2D eigenvalue weighted by Gasteiger charge is -2.33. The van der Waals surface area contributed by atoms with E-state index < -0.39 is 6.04 Å². The van der Waals surface area contributed by atoms with Crippen LogP contribution in [0.3, 0.4) is 0 Å². The molecule has 0 aromatic rings. The topological polar surface area (TPSA) is 89.4 Å². The smallest absolute Gasteiger partial charge is 0.239 e. The Bertz CT molecular complexity index is 297. The Hall–Kier alpha value is -1.10. The summed E-state index contributed by atoms with van der Waals surface area (Å²) in [5.41, 5.74) is 11.1. The van der Waals surface area contributed by atoms with Crippen LogP contribution < -0.4 is 11.5 Å². The first-order valence-corrected chi connectivity index (χ1v) is 6.72. The molecule has 0 radical (unpaired) electrons. The number of carbonyl (C=O) groups excluding carboxylic acids is 2. The number of nitrogens with zero attached hydrogens (tertiary/aromatic N) is 1. The molecule has 1 aliphatic heterocycles. The zero-order chi connectivity index (χ0) is 13.7. The van der Waals surface area contributed by atoms with Crippen LogP contribution in [0.25, 0.3) is 0 Å². The van der Waals surface area contributed by atoms with Crippen molar-refractivity contribution < 1.29 is 9.59 Å². The third-order valence-electron chi connectivity index (χ3n) is 3.46. The molecular weight excluding hydrogens is 230 g/mol. The SMILES string of the molecule is CC(C)C[C@H](N)C(=O)N1CCC(CC(N)=O)CC1. The summed E-state index contributed by atoms with van der Waals surface area (Å²) in [6, 6.07) is -0.391. The second kappa shape index (κ2) is 6.73. The fraction of sp³-hybridized carbons (Fsp3) is 0.846. The maximum absolute atomic E-state index is 12.1. The first-order chi connectivity index (χ1) is 8.40. The lowest BCUT2D eigenvalue weighted by molar-refractivity contribution is -0.134. The molecule has 1 rings (SSSR count).